The predicted octanol–water partition coefficient (Wildman–Crippen LogP) is 2.44. The summed E-state index contributed by atoms with van der Waals surface area (Å²) in [4.78, 5) is 23.7. The summed E-state index contributed by atoms with van der Waals surface area (Å²) in [5.74, 6) is -0.0542. The molecule has 2 amide bonds. The fourth-order valence-corrected chi connectivity index (χ4v) is 2.09. The van der Waals surface area contributed by atoms with Crippen molar-refractivity contribution in [1.29, 1.82) is 0 Å². The molecule has 0 heterocycles. The van der Waals surface area contributed by atoms with E-state index in [1.807, 2.05) is 13.8 Å². The number of benzene rings is 1. The third kappa shape index (κ3) is 4.80. The van der Waals surface area contributed by atoms with Crippen molar-refractivity contribution in [2.45, 2.75) is 39.2 Å². The van der Waals surface area contributed by atoms with Crippen LogP contribution >= 0.6 is 12.2 Å². The molecule has 2 rings (SSSR count). The minimum Gasteiger partial charge on any atom is -0.350 e. The Balaban J connectivity index is 1.94. The zero-order chi connectivity index (χ0) is 16.1. The van der Waals surface area contributed by atoms with Gasteiger partial charge in [0.05, 0.1) is 0 Å². The van der Waals surface area contributed by atoms with Crippen LogP contribution in [0, 0.1) is 5.92 Å². The first kappa shape index (κ1) is 16.4. The van der Waals surface area contributed by atoms with E-state index >= 15 is 0 Å². The molecule has 1 aromatic rings. The predicted molar refractivity (Wildman–Crippen MR) is 90.7 cm³/mol. The third-order valence-corrected chi connectivity index (χ3v) is 3.76. The van der Waals surface area contributed by atoms with E-state index in [1.54, 1.807) is 24.3 Å². The van der Waals surface area contributed by atoms with E-state index < -0.39 is 0 Å². The monoisotopic (exact) mass is 319 g/mol. The van der Waals surface area contributed by atoms with Gasteiger partial charge in [0.1, 0.15) is 0 Å². The number of thiocarbonyl (C=S) groups is 1. The Kier molecular flexibility index (Phi) is 5.49. The lowest BCUT2D eigenvalue weighted by atomic mass is 10.1. The van der Waals surface area contributed by atoms with Crippen molar-refractivity contribution in [2.24, 2.45) is 5.92 Å². The van der Waals surface area contributed by atoms with Gasteiger partial charge in [0.2, 0.25) is 5.91 Å². The zero-order valence-electron chi connectivity index (χ0n) is 12.8. The zero-order valence-corrected chi connectivity index (χ0v) is 13.6. The van der Waals surface area contributed by atoms with Crippen LogP contribution in [0.3, 0.4) is 0 Å². The van der Waals surface area contributed by atoms with E-state index in [1.165, 1.54) is 0 Å². The number of carbonyl (C=O) groups is 2. The van der Waals surface area contributed by atoms with Crippen molar-refractivity contribution in [3.05, 3.63) is 29.8 Å². The molecular formula is C16H21N3O2S. The van der Waals surface area contributed by atoms with E-state index in [0.717, 1.165) is 19.3 Å². The van der Waals surface area contributed by atoms with Gasteiger partial charge in [-0.15, -0.1) is 0 Å². The Morgan fingerprint density at radius 2 is 2.09 bits per heavy atom. The quantitative estimate of drug-likeness (QED) is 0.729. The smallest absolute Gasteiger partial charge is 0.251 e. The van der Waals surface area contributed by atoms with Crippen LogP contribution in [0.15, 0.2) is 24.3 Å². The maximum Gasteiger partial charge on any atom is 0.251 e. The highest BCUT2D eigenvalue weighted by atomic mass is 32.1. The van der Waals surface area contributed by atoms with Crippen LogP contribution in [-0.2, 0) is 4.79 Å². The van der Waals surface area contributed by atoms with Gasteiger partial charge < -0.3 is 16.0 Å². The van der Waals surface area contributed by atoms with Gasteiger partial charge in [0.25, 0.3) is 5.91 Å². The second kappa shape index (κ2) is 7.35. The maximum absolute atomic E-state index is 12.1. The molecule has 1 aromatic carbocycles. The lowest BCUT2D eigenvalue weighted by molar-refractivity contribution is -0.120. The van der Waals surface area contributed by atoms with Gasteiger partial charge in [0.15, 0.2) is 5.11 Å². The molecule has 3 N–H and O–H groups in total. The summed E-state index contributed by atoms with van der Waals surface area (Å²) in [5.41, 5.74) is 1.24. The lowest BCUT2D eigenvalue weighted by Gasteiger charge is -2.13. The maximum atomic E-state index is 12.1. The number of amides is 2. The molecule has 22 heavy (non-hydrogen) atoms. The minimum atomic E-state index is -0.120. The van der Waals surface area contributed by atoms with Crippen molar-refractivity contribution >= 4 is 34.8 Å². The van der Waals surface area contributed by atoms with Crippen molar-refractivity contribution < 1.29 is 9.59 Å². The molecule has 0 bridgehead atoms. The molecule has 0 aromatic heterocycles. The Morgan fingerprint density at radius 1 is 1.36 bits per heavy atom. The molecule has 118 valence electrons. The highest BCUT2D eigenvalue weighted by Crippen LogP contribution is 2.28. The van der Waals surface area contributed by atoms with Crippen molar-refractivity contribution in [1.82, 2.24) is 10.6 Å². The molecule has 1 fully saturated rings. The first-order valence-corrected chi connectivity index (χ1v) is 7.93. The first-order chi connectivity index (χ1) is 10.5. The van der Waals surface area contributed by atoms with E-state index in [-0.39, 0.29) is 28.9 Å². The number of nitrogens with one attached hydrogen (secondary N) is 3. The second-order valence-electron chi connectivity index (χ2n) is 5.58. The molecule has 6 heteroatoms. The fourth-order valence-electron chi connectivity index (χ4n) is 1.87. The summed E-state index contributed by atoms with van der Waals surface area (Å²) in [7, 11) is 0. The average molecular weight is 319 g/mol. The van der Waals surface area contributed by atoms with Crippen LogP contribution in [-0.4, -0.2) is 23.0 Å². The Bertz CT molecular complexity index is 585. The van der Waals surface area contributed by atoms with Gasteiger partial charge in [-0.1, -0.05) is 13.0 Å². The molecule has 0 radical (unpaired) electrons. The number of hydrogen-bond acceptors (Lipinski definition) is 3. The molecule has 1 aliphatic rings. The molecule has 1 aliphatic carbocycles. The summed E-state index contributed by atoms with van der Waals surface area (Å²) in [6.07, 6.45) is 2.74. The SMILES string of the molecule is CCC(C)NC(=O)c1cccc(NC(=S)NC(=O)C2CC2)c1. The van der Waals surface area contributed by atoms with E-state index in [2.05, 4.69) is 16.0 Å². The van der Waals surface area contributed by atoms with Crippen LogP contribution in [0.25, 0.3) is 0 Å². The van der Waals surface area contributed by atoms with Gasteiger partial charge in [-0.05, 0) is 56.6 Å². The van der Waals surface area contributed by atoms with E-state index in [0.29, 0.717) is 11.3 Å². The molecule has 0 saturated heterocycles. The lowest BCUT2D eigenvalue weighted by Crippen LogP contribution is -2.35. The van der Waals surface area contributed by atoms with Gasteiger partial charge >= 0.3 is 0 Å². The summed E-state index contributed by atoms with van der Waals surface area (Å²) in [6, 6.07) is 7.17. The molecule has 0 spiro atoms. The third-order valence-electron chi connectivity index (χ3n) is 3.56. The van der Waals surface area contributed by atoms with Crippen molar-refractivity contribution in [3.8, 4) is 0 Å². The number of rotatable bonds is 5. The topological polar surface area (TPSA) is 70.2 Å². The molecule has 1 saturated carbocycles. The van der Waals surface area contributed by atoms with Crippen LogP contribution in [0.2, 0.25) is 0 Å². The Labute approximate surface area is 135 Å². The van der Waals surface area contributed by atoms with E-state index in [4.69, 9.17) is 12.2 Å². The normalized spacial score (nSPS) is 14.8. The standard InChI is InChI=1S/C16H21N3O2S/c1-3-10(2)17-15(21)12-5-4-6-13(9-12)18-16(22)19-14(20)11-7-8-11/h4-6,9-11H,3,7-8H2,1-2H3,(H,17,21)(H2,18,19,20,22). The summed E-state index contributed by atoms with van der Waals surface area (Å²) < 4.78 is 0. The molecule has 5 nitrogen and oxygen atoms in total. The van der Waals surface area contributed by atoms with Crippen molar-refractivity contribution in [2.75, 3.05) is 5.32 Å². The van der Waals surface area contributed by atoms with Crippen molar-refractivity contribution in [3.63, 3.8) is 0 Å². The Hall–Kier alpha value is -1.95. The molecular weight excluding hydrogens is 298 g/mol. The summed E-state index contributed by atoms with van der Waals surface area (Å²) >= 11 is 5.11. The van der Waals surface area contributed by atoms with Gasteiger partial charge in [-0.2, -0.15) is 0 Å². The second-order valence-corrected chi connectivity index (χ2v) is 5.99. The average Bonchev–Trinajstić information content (AvgIpc) is 3.31. The fraction of sp³-hybridized carbons (Fsp3) is 0.438. The highest BCUT2D eigenvalue weighted by Gasteiger charge is 2.30. The number of hydrogen-bond donors (Lipinski definition) is 3. The van der Waals surface area contributed by atoms with Gasteiger partial charge in [-0.25, -0.2) is 0 Å². The van der Waals surface area contributed by atoms with Crippen LogP contribution in [0.4, 0.5) is 5.69 Å². The number of carbonyl (C=O) groups excluding carboxylic acids is 2. The molecule has 1 unspecified atom stereocenters. The number of anilines is 1. The molecule has 1 atom stereocenters. The Morgan fingerprint density at radius 3 is 2.73 bits per heavy atom. The van der Waals surface area contributed by atoms with Crippen LogP contribution < -0.4 is 16.0 Å². The van der Waals surface area contributed by atoms with Gasteiger partial charge in [-0.3, -0.25) is 9.59 Å². The van der Waals surface area contributed by atoms with Crippen LogP contribution in [0.5, 0.6) is 0 Å². The van der Waals surface area contributed by atoms with Gasteiger partial charge in [0, 0.05) is 23.2 Å². The summed E-state index contributed by atoms with van der Waals surface area (Å²) in [5, 5.41) is 8.77. The molecule has 0 aliphatic heterocycles. The largest absolute Gasteiger partial charge is 0.350 e. The van der Waals surface area contributed by atoms with E-state index in [9.17, 15) is 9.59 Å². The van der Waals surface area contributed by atoms with Crippen LogP contribution in [0.1, 0.15) is 43.5 Å². The first-order valence-electron chi connectivity index (χ1n) is 7.52. The highest BCUT2D eigenvalue weighted by molar-refractivity contribution is 7.80. The minimum absolute atomic E-state index is 0.0387. The summed E-state index contributed by atoms with van der Waals surface area (Å²) in [6.45, 7) is 3.98.